The summed E-state index contributed by atoms with van der Waals surface area (Å²) in [7, 11) is 0. The molecule has 2 saturated heterocycles. The molecular weight excluding hydrogens is 356 g/mol. The van der Waals surface area contributed by atoms with Crippen LogP contribution in [0.15, 0.2) is 30.3 Å². The number of piperidine rings is 1. The Morgan fingerprint density at radius 1 is 1.25 bits per heavy atom. The van der Waals surface area contributed by atoms with Crippen LogP contribution >= 0.6 is 0 Å². The van der Waals surface area contributed by atoms with Gasteiger partial charge in [-0.2, -0.15) is 0 Å². The minimum absolute atomic E-state index is 0.103. The summed E-state index contributed by atoms with van der Waals surface area (Å²) in [5, 5.41) is 14.0. The molecule has 2 N–H and O–H groups in total. The van der Waals surface area contributed by atoms with Crippen LogP contribution in [0.1, 0.15) is 46.0 Å². The highest BCUT2D eigenvalue weighted by atomic mass is 16.5. The molecule has 2 aliphatic rings. The Morgan fingerprint density at radius 2 is 1.96 bits per heavy atom. The van der Waals surface area contributed by atoms with Crippen molar-refractivity contribution in [3.05, 3.63) is 30.3 Å². The highest BCUT2D eigenvalue weighted by Crippen LogP contribution is 2.39. The fraction of sp³-hybridized carbons (Fsp3) is 0.682. The van der Waals surface area contributed by atoms with Crippen LogP contribution < -0.4 is 10.1 Å². The standard InChI is InChI=1S/C22H34N2O4/c1-18(25)23-21(2)12-17-28-22(20(21)26)10-14-24(15-11-22)13-6-7-16-27-19-8-4-3-5-9-19/h3-5,8-9,20,26H,6-7,10-17H2,1-2H3,(H,23,25)/t20-,21+/m1/s1. The van der Waals surface area contributed by atoms with E-state index in [4.69, 9.17) is 9.47 Å². The number of aliphatic hydroxyl groups is 1. The molecule has 0 aliphatic carbocycles. The molecule has 156 valence electrons. The van der Waals surface area contributed by atoms with E-state index < -0.39 is 17.2 Å². The molecule has 6 heteroatoms. The largest absolute Gasteiger partial charge is 0.494 e. The molecule has 1 spiro atoms. The quantitative estimate of drug-likeness (QED) is 0.700. The number of amides is 1. The van der Waals surface area contributed by atoms with E-state index in [9.17, 15) is 9.90 Å². The fourth-order valence-corrected chi connectivity index (χ4v) is 4.51. The zero-order valence-corrected chi connectivity index (χ0v) is 17.2. The van der Waals surface area contributed by atoms with Gasteiger partial charge < -0.3 is 24.8 Å². The number of carbonyl (C=O) groups is 1. The monoisotopic (exact) mass is 390 g/mol. The summed E-state index contributed by atoms with van der Waals surface area (Å²) in [4.78, 5) is 14.0. The van der Waals surface area contributed by atoms with Crippen LogP contribution in [0.4, 0.5) is 0 Å². The molecule has 1 aromatic carbocycles. The van der Waals surface area contributed by atoms with Crippen molar-refractivity contribution in [1.29, 1.82) is 0 Å². The van der Waals surface area contributed by atoms with Crippen molar-refractivity contribution in [2.75, 3.05) is 32.8 Å². The maximum Gasteiger partial charge on any atom is 0.217 e. The van der Waals surface area contributed by atoms with Gasteiger partial charge in [0.1, 0.15) is 11.9 Å². The molecule has 28 heavy (non-hydrogen) atoms. The Labute approximate surface area is 168 Å². The average Bonchev–Trinajstić information content (AvgIpc) is 2.68. The molecule has 0 unspecified atom stereocenters. The maximum absolute atomic E-state index is 11.6. The van der Waals surface area contributed by atoms with Crippen molar-refractivity contribution in [2.24, 2.45) is 0 Å². The van der Waals surface area contributed by atoms with Crippen LogP contribution in [0.25, 0.3) is 0 Å². The van der Waals surface area contributed by atoms with Gasteiger partial charge in [-0.25, -0.2) is 0 Å². The van der Waals surface area contributed by atoms with E-state index in [-0.39, 0.29) is 5.91 Å². The van der Waals surface area contributed by atoms with Crippen LogP contribution in [0.3, 0.4) is 0 Å². The number of aliphatic hydroxyl groups excluding tert-OH is 1. The molecule has 2 heterocycles. The van der Waals surface area contributed by atoms with Gasteiger partial charge in [-0.3, -0.25) is 4.79 Å². The maximum atomic E-state index is 11.6. The number of ether oxygens (including phenoxy) is 2. The van der Waals surface area contributed by atoms with Crippen molar-refractivity contribution in [3.63, 3.8) is 0 Å². The first-order valence-electron chi connectivity index (χ1n) is 10.4. The van der Waals surface area contributed by atoms with Crippen molar-refractivity contribution in [2.45, 2.75) is 63.2 Å². The second kappa shape index (κ2) is 9.25. The molecule has 2 fully saturated rings. The number of unbranched alkanes of at least 4 members (excludes halogenated alkanes) is 1. The van der Waals surface area contributed by atoms with Crippen molar-refractivity contribution in [1.82, 2.24) is 10.2 Å². The van der Waals surface area contributed by atoms with Crippen LogP contribution in [-0.4, -0.2) is 66.0 Å². The number of para-hydroxylation sites is 1. The highest BCUT2D eigenvalue weighted by molar-refractivity contribution is 5.74. The van der Waals surface area contributed by atoms with Crippen molar-refractivity contribution >= 4 is 5.91 Å². The van der Waals surface area contributed by atoms with E-state index in [1.807, 2.05) is 37.3 Å². The Kier molecular flexibility index (Phi) is 6.96. The summed E-state index contributed by atoms with van der Waals surface area (Å²) in [6.07, 6.45) is 3.66. The molecule has 0 saturated carbocycles. The molecule has 0 radical (unpaired) electrons. The summed E-state index contributed by atoms with van der Waals surface area (Å²) >= 11 is 0. The molecule has 2 aliphatic heterocycles. The minimum atomic E-state index is -0.681. The molecule has 6 nitrogen and oxygen atoms in total. The summed E-state index contributed by atoms with van der Waals surface area (Å²) in [5.41, 5.74) is -1.15. The van der Waals surface area contributed by atoms with Crippen molar-refractivity contribution < 1.29 is 19.4 Å². The van der Waals surface area contributed by atoms with Crippen molar-refractivity contribution in [3.8, 4) is 5.75 Å². The van der Waals surface area contributed by atoms with Crippen LogP contribution in [0.2, 0.25) is 0 Å². The molecular formula is C22H34N2O4. The van der Waals surface area contributed by atoms with E-state index in [0.717, 1.165) is 57.7 Å². The Bertz CT molecular complexity index is 631. The van der Waals surface area contributed by atoms with Gasteiger partial charge in [0.25, 0.3) is 0 Å². The topological polar surface area (TPSA) is 71.0 Å². The zero-order valence-electron chi connectivity index (χ0n) is 17.2. The molecule has 1 aromatic rings. The number of hydrogen-bond acceptors (Lipinski definition) is 5. The number of likely N-dealkylation sites (tertiary alicyclic amines) is 1. The van der Waals surface area contributed by atoms with E-state index in [2.05, 4.69) is 10.2 Å². The Morgan fingerprint density at radius 3 is 2.64 bits per heavy atom. The summed E-state index contributed by atoms with van der Waals surface area (Å²) in [6.45, 7) is 7.60. The number of nitrogens with one attached hydrogen (secondary N) is 1. The van der Waals surface area contributed by atoms with Gasteiger partial charge >= 0.3 is 0 Å². The third-order valence-electron chi connectivity index (χ3n) is 6.16. The van der Waals surface area contributed by atoms with Crippen LogP contribution in [0.5, 0.6) is 5.75 Å². The molecule has 0 bridgehead atoms. The molecule has 0 aromatic heterocycles. The second-order valence-corrected chi connectivity index (χ2v) is 8.37. The first-order valence-corrected chi connectivity index (χ1v) is 10.4. The van der Waals surface area contributed by atoms with Gasteiger partial charge in [0.2, 0.25) is 5.91 Å². The summed E-state index contributed by atoms with van der Waals surface area (Å²) in [6, 6.07) is 9.92. The number of nitrogens with zero attached hydrogens (tertiary/aromatic N) is 1. The predicted molar refractivity (Wildman–Crippen MR) is 108 cm³/mol. The normalized spacial score (nSPS) is 27.5. The molecule has 2 atom stereocenters. The van der Waals surface area contributed by atoms with Gasteiger partial charge in [0, 0.05) is 26.6 Å². The molecule has 3 rings (SSSR count). The SMILES string of the molecule is CC(=O)N[C@@]1(C)CCOC2(CCN(CCCCOc3ccccc3)CC2)[C@@H]1O. The lowest BCUT2D eigenvalue weighted by Crippen LogP contribution is -2.69. The average molecular weight is 391 g/mol. The van der Waals surface area contributed by atoms with Crippen LogP contribution in [-0.2, 0) is 9.53 Å². The number of rotatable bonds is 7. The lowest BCUT2D eigenvalue weighted by molar-refractivity contribution is -0.207. The Hall–Kier alpha value is -1.63. The van der Waals surface area contributed by atoms with Gasteiger partial charge in [-0.05, 0) is 57.7 Å². The first-order chi connectivity index (χ1) is 13.4. The third-order valence-corrected chi connectivity index (χ3v) is 6.16. The van der Waals surface area contributed by atoms with E-state index in [0.29, 0.717) is 13.0 Å². The summed E-state index contributed by atoms with van der Waals surface area (Å²) < 4.78 is 11.8. The number of hydrogen-bond donors (Lipinski definition) is 2. The minimum Gasteiger partial charge on any atom is -0.494 e. The van der Waals surface area contributed by atoms with E-state index >= 15 is 0 Å². The van der Waals surface area contributed by atoms with E-state index in [1.54, 1.807) is 0 Å². The third kappa shape index (κ3) is 5.04. The lowest BCUT2D eigenvalue weighted by Gasteiger charge is -2.53. The van der Waals surface area contributed by atoms with E-state index in [1.165, 1.54) is 6.92 Å². The van der Waals surface area contributed by atoms with Gasteiger partial charge in [0.05, 0.1) is 17.7 Å². The van der Waals surface area contributed by atoms with Gasteiger partial charge in [-0.1, -0.05) is 18.2 Å². The number of carbonyl (C=O) groups excluding carboxylic acids is 1. The van der Waals surface area contributed by atoms with Gasteiger partial charge in [0.15, 0.2) is 0 Å². The number of benzene rings is 1. The molecule has 1 amide bonds. The van der Waals surface area contributed by atoms with Gasteiger partial charge in [-0.15, -0.1) is 0 Å². The summed E-state index contributed by atoms with van der Waals surface area (Å²) in [5.74, 6) is 0.821. The zero-order chi connectivity index (χ0) is 20.0. The van der Waals surface area contributed by atoms with Crippen LogP contribution in [0, 0.1) is 0 Å². The first kappa shape index (κ1) is 21.1. The predicted octanol–water partition coefficient (Wildman–Crippen LogP) is 2.36. The smallest absolute Gasteiger partial charge is 0.217 e. The lowest BCUT2D eigenvalue weighted by atomic mass is 9.73. The Balaban J connectivity index is 1.40. The second-order valence-electron chi connectivity index (χ2n) is 8.37. The highest BCUT2D eigenvalue weighted by Gasteiger charge is 2.53. The fourth-order valence-electron chi connectivity index (χ4n) is 4.51.